The molecule has 2 nitrogen and oxygen atoms in total. The summed E-state index contributed by atoms with van der Waals surface area (Å²) in [6.07, 6.45) is -4.48. The fourth-order valence-electron chi connectivity index (χ4n) is 2.95. The van der Waals surface area contributed by atoms with Crippen molar-refractivity contribution in [3.05, 3.63) is 83.4 Å². The average molecular weight is 406 g/mol. The molecule has 150 valence electrons. The van der Waals surface area contributed by atoms with Crippen molar-refractivity contribution in [2.24, 2.45) is 0 Å². The Balaban J connectivity index is 2.16. The Hall–Kier alpha value is -3.22. The third kappa shape index (κ3) is 4.62. The van der Waals surface area contributed by atoms with Gasteiger partial charge in [0.05, 0.1) is 11.5 Å². The van der Waals surface area contributed by atoms with Gasteiger partial charge in [-0.1, -0.05) is 24.3 Å². The zero-order valence-corrected chi connectivity index (χ0v) is 15.1. The second-order valence-electron chi connectivity index (χ2n) is 6.64. The Morgan fingerprint density at radius 3 is 1.76 bits per heavy atom. The van der Waals surface area contributed by atoms with Gasteiger partial charge in [0.1, 0.15) is 11.6 Å². The average Bonchev–Trinajstić information content (AvgIpc) is 2.65. The van der Waals surface area contributed by atoms with Crippen LogP contribution in [0.5, 0.6) is 0 Å². The molecule has 0 unspecified atom stereocenters. The maximum atomic E-state index is 13.6. The number of aliphatic carboxylic acids is 1. The van der Waals surface area contributed by atoms with Crippen LogP contribution in [0.15, 0.2) is 60.7 Å². The number of hydrogen-bond donors (Lipinski definition) is 1. The van der Waals surface area contributed by atoms with E-state index in [0.29, 0.717) is 28.3 Å². The van der Waals surface area contributed by atoms with Gasteiger partial charge in [0, 0.05) is 6.07 Å². The summed E-state index contributed by atoms with van der Waals surface area (Å²) in [5.74, 6) is -3.63. The third-order valence-electron chi connectivity index (χ3n) is 4.57. The second kappa shape index (κ2) is 7.66. The first-order valence-electron chi connectivity index (χ1n) is 8.56. The van der Waals surface area contributed by atoms with Gasteiger partial charge in [-0.05, 0) is 65.1 Å². The number of carbonyl (C=O) groups is 1. The van der Waals surface area contributed by atoms with Gasteiger partial charge in [-0.3, -0.25) is 4.79 Å². The van der Waals surface area contributed by atoms with Crippen LogP contribution in [0.2, 0.25) is 0 Å². The van der Waals surface area contributed by atoms with E-state index < -0.39 is 35.3 Å². The quantitative estimate of drug-likeness (QED) is 0.502. The molecule has 0 saturated heterocycles. The highest BCUT2D eigenvalue weighted by atomic mass is 19.4. The molecule has 0 spiro atoms. The minimum Gasteiger partial charge on any atom is -0.481 e. The van der Waals surface area contributed by atoms with Crippen molar-refractivity contribution in [2.75, 3.05) is 0 Å². The predicted molar refractivity (Wildman–Crippen MR) is 98.3 cm³/mol. The number of alkyl halides is 3. The predicted octanol–water partition coefficient (Wildman–Crippen LogP) is 6.51. The minimum absolute atomic E-state index is 0.190. The summed E-state index contributed by atoms with van der Waals surface area (Å²) < 4.78 is 65.7. The van der Waals surface area contributed by atoms with E-state index in [1.807, 2.05) is 0 Å². The van der Waals surface area contributed by atoms with Gasteiger partial charge >= 0.3 is 12.1 Å². The summed E-state index contributed by atoms with van der Waals surface area (Å²) in [6.45, 7) is 1.45. The van der Waals surface area contributed by atoms with Crippen LogP contribution in [0.4, 0.5) is 22.0 Å². The molecule has 0 saturated carbocycles. The first-order chi connectivity index (χ1) is 13.5. The number of halogens is 5. The molecule has 0 amide bonds. The molecule has 0 bridgehead atoms. The summed E-state index contributed by atoms with van der Waals surface area (Å²) in [5, 5.41) is 9.33. The van der Waals surface area contributed by atoms with Crippen LogP contribution in [-0.4, -0.2) is 11.1 Å². The highest BCUT2D eigenvalue weighted by molar-refractivity contribution is 5.80. The molecule has 1 N–H and O–H groups in total. The zero-order valence-electron chi connectivity index (χ0n) is 15.1. The number of benzene rings is 3. The van der Waals surface area contributed by atoms with E-state index in [-0.39, 0.29) is 5.56 Å². The molecule has 0 aliphatic carbocycles. The van der Waals surface area contributed by atoms with Gasteiger partial charge in [0.15, 0.2) is 0 Å². The Morgan fingerprint density at radius 2 is 1.28 bits per heavy atom. The van der Waals surface area contributed by atoms with E-state index in [4.69, 9.17) is 0 Å². The van der Waals surface area contributed by atoms with Crippen LogP contribution >= 0.6 is 0 Å². The molecule has 0 aliphatic rings. The molecule has 0 aromatic heterocycles. The molecule has 3 aromatic rings. The Kier molecular flexibility index (Phi) is 5.42. The molecular formula is C22H15F5O2. The third-order valence-corrected chi connectivity index (χ3v) is 4.57. The van der Waals surface area contributed by atoms with Crippen molar-refractivity contribution < 1.29 is 31.9 Å². The number of hydrogen-bond acceptors (Lipinski definition) is 1. The SMILES string of the molecule is C[C@@H](C(=O)O)c1cc(-c2ccc(C(F)(F)F)cc2)cc(-c2cc(F)cc(F)c2)c1. The van der Waals surface area contributed by atoms with Gasteiger partial charge < -0.3 is 5.11 Å². The van der Waals surface area contributed by atoms with E-state index in [9.17, 15) is 31.9 Å². The number of carboxylic acids is 1. The fraction of sp³-hybridized carbons (Fsp3) is 0.136. The van der Waals surface area contributed by atoms with Crippen molar-refractivity contribution in [1.29, 1.82) is 0 Å². The van der Waals surface area contributed by atoms with Crippen molar-refractivity contribution >= 4 is 5.97 Å². The van der Waals surface area contributed by atoms with Gasteiger partial charge in [-0.2, -0.15) is 13.2 Å². The number of carboxylic acid groups (broad SMARTS) is 1. The van der Waals surface area contributed by atoms with Gasteiger partial charge in [0.2, 0.25) is 0 Å². The lowest BCUT2D eigenvalue weighted by Gasteiger charge is -2.14. The van der Waals surface area contributed by atoms with Crippen LogP contribution in [0, 0.1) is 11.6 Å². The smallest absolute Gasteiger partial charge is 0.416 e. The lowest BCUT2D eigenvalue weighted by Crippen LogP contribution is -2.08. The van der Waals surface area contributed by atoms with Crippen LogP contribution < -0.4 is 0 Å². The Labute approximate surface area is 163 Å². The van der Waals surface area contributed by atoms with Gasteiger partial charge in [-0.15, -0.1) is 0 Å². The van der Waals surface area contributed by atoms with E-state index in [0.717, 1.165) is 24.3 Å². The molecule has 3 aromatic carbocycles. The van der Waals surface area contributed by atoms with Crippen molar-refractivity contribution in [2.45, 2.75) is 19.0 Å². The van der Waals surface area contributed by atoms with Crippen LogP contribution in [0.3, 0.4) is 0 Å². The maximum absolute atomic E-state index is 13.6. The van der Waals surface area contributed by atoms with E-state index in [1.54, 1.807) is 12.1 Å². The standard InChI is InChI=1S/C22H15F5O2/c1-12(21(28)29)14-6-15(13-2-4-18(5-3-13)22(25,26)27)8-16(7-14)17-9-19(23)11-20(24)10-17/h2-12H,1H3,(H,28,29)/t12-/m1/s1. The van der Waals surface area contributed by atoms with Gasteiger partial charge in [0.25, 0.3) is 0 Å². The van der Waals surface area contributed by atoms with Gasteiger partial charge in [-0.25, -0.2) is 8.78 Å². The first kappa shape index (κ1) is 20.5. The largest absolute Gasteiger partial charge is 0.481 e. The highest BCUT2D eigenvalue weighted by Gasteiger charge is 2.30. The first-order valence-corrected chi connectivity index (χ1v) is 8.56. The lowest BCUT2D eigenvalue weighted by molar-refractivity contribution is -0.138. The summed E-state index contributed by atoms with van der Waals surface area (Å²) in [7, 11) is 0. The molecule has 3 rings (SSSR count). The molecule has 7 heteroatoms. The highest BCUT2D eigenvalue weighted by Crippen LogP contribution is 2.34. The van der Waals surface area contributed by atoms with E-state index in [1.165, 1.54) is 25.1 Å². The Morgan fingerprint density at radius 1 is 0.793 bits per heavy atom. The van der Waals surface area contributed by atoms with Crippen molar-refractivity contribution in [3.63, 3.8) is 0 Å². The minimum atomic E-state index is -4.48. The van der Waals surface area contributed by atoms with Crippen LogP contribution in [0.25, 0.3) is 22.3 Å². The summed E-state index contributed by atoms with van der Waals surface area (Å²) in [4.78, 5) is 11.4. The summed E-state index contributed by atoms with van der Waals surface area (Å²) in [5.41, 5.74) is 0.928. The van der Waals surface area contributed by atoms with E-state index in [2.05, 4.69) is 0 Å². The van der Waals surface area contributed by atoms with Crippen LogP contribution in [-0.2, 0) is 11.0 Å². The molecule has 0 radical (unpaired) electrons. The molecule has 0 fully saturated rings. The topological polar surface area (TPSA) is 37.3 Å². The molecular weight excluding hydrogens is 391 g/mol. The Bertz CT molecular complexity index is 1040. The van der Waals surface area contributed by atoms with Crippen LogP contribution in [0.1, 0.15) is 24.0 Å². The molecule has 0 heterocycles. The zero-order chi connectivity index (χ0) is 21.3. The number of rotatable bonds is 4. The second-order valence-corrected chi connectivity index (χ2v) is 6.64. The lowest BCUT2D eigenvalue weighted by atomic mass is 9.91. The van der Waals surface area contributed by atoms with Crippen molar-refractivity contribution in [1.82, 2.24) is 0 Å². The monoisotopic (exact) mass is 406 g/mol. The fourth-order valence-corrected chi connectivity index (χ4v) is 2.95. The summed E-state index contributed by atoms with van der Waals surface area (Å²) in [6, 6.07) is 11.9. The molecule has 0 aliphatic heterocycles. The van der Waals surface area contributed by atoms with Crippen molar-refractivity contribution in [3.8, 4) is 22.3 Å². The molecule has 29 heavy (non-hydrogen) atoms. The van der Waals surface area contributed by atoms with E-state index >= 15 is 0 Å². The molecule has 1 atom stereocenters. The normalized spacial score (nSPS) is 12.6. The summed E-state index contributed by atoms with van der Waals surface area (Å²) >= 11 is 0. The maximum Gasteiger partial charge on any atom is 0.416 e.